The van der Waals surface area contributed by atoms with E-state index in [1.807, 2.05) is 0 Å². The molecule has 0 bridgehead atoms. The number of hydrogen-bond acceptors (Lipinski definition) is 5. The number of ether oxygens (including phenoxy) is 1. The Balaban J connectivity index is 2.33. The van der Waals surface area contributed by atoms with Crippen molar-refractivity contribution < 1.29 is 39.9 Å². The molecule has 1 amide bonds. The van der Waals surface area contributed by atoms with Gasteiger partial charge in [-0.05, 0) is 12.1 Å². The molecule has 0 saturated heterocycles. The van der Waals surface area contributed by atoms with Gasteiger partial charge in [-0.3, -0.25) is 4.79 Å². The highest BCUT2D eigenvalue weighted by atomic mass is 32.2. The summed E-state index contributed by atoms with van der Waals surface area (Å²) in [6, 6.07) is 3.32. The Kier molecular flexibility index (Phi) is 5.16. The number of carbonyl (C=O) groups excluding carboxylic acids is 1. The highest BCUT2D eigenvalue weighted by Crippen LogP contribution is 2.31. The molecular weight excluding hydrogens is 387 g/mol. The number of rotatable bonds is 4. The average Bonchev–Trinajstić information content (AvgIpc) is 2.48. The normalized spacial score (nSPS) is 11.9. The summed E-state index contributed by atoms with van der Waals surface area (Å²) < 4.78 is 93.8. The lowest BCUT2D eigenvalue weighted by Gasteiger charge is -2.11. The van der Waals surface area contributed by atoms with Crippen molar-refractivity contribution in [3.8, 4) is 11.6 Å². The van der Waals surface area contributed by atoms with Gasteiger partial charge in [-0.15, -0.1) is 0 Å². The fraction of sp³-hybridized carbons (Fsp3) is 0.143. The monoisotopic (exact) mass is 396 g/mol. The molecule has 1 aromatic carbocycles. The van der Waals surface area contributed by atoms with Gasteiger partial charge in [0.05, 0.1) is 11.8 Å². The summed E-state index contributed by atoms with van der Waals surface area (Å²) in [5, 5.41) is 0. The zero-order chi connectivity index (χ0) is 19.7. The van der Waals surface area contributed by atoms with Crippen molar-refractivity contribution in [2.75, 3.05) is 6.26 Å². The number of carbonyl (C=O) groups is 1. The van der Waals surface area contributed by atoms with Crippen molar-refractivity contribution in [2.45, 2.75) is 6.18 Å². The second-order valence-corrected chi connectivity index (χ2v) is 6.68. The van der Waals surface area contributed by atoms with Gasteiger partial charge in [0.2, 0.25) is 15.9 Å². The fourth-order valence-electron chi connectivity index (χ4n) is 1.75. The lowest BCUT2D eigenvalue weighted by atomic mass is 10.2. The van der Waals surface area contributed by atoms with Crippen molar-refractivity contribution in [2.24, 2.45) is 0 Å². The number of alkyl halides is 3. The van der Waals surface area contributed by atoms with Crippen LogP contribution in [0.15, 0.2) is 30.3 Å². The Morgan fingerprint density at radius 1 is 1.15 bits per heavy atom. The Hall–Kier alpha value is -2.76. The molecule has 1 N–H and O–H groups in total. The van der Waals surface area contributed by atoms with E-state index in [1.165, 1.54) is 4.72 Å². The number of sulfonamides is 1. The molecule has 12 heteroatoms. The van der Waals surface area contributed by atoms with Crippen LogP contribution in [0.1, 0.15) is 16.1 Å². The van der Waals surface area contributed by atoms with Gasteiger partial charge < -0.3 is 4.74 Å². The molecule has 0 fully saturated rings. The molecule has 140 valence electrons. The SMILES string of the molecule is CS(=O)(=O)NC(=O)c1cc(F)c(Oc2cccc(C(F)(F)F)n2)cc1F. The van der Waals surface area contributed by atoms with Crippen LogP contribution in [0.3, 0.4) is 0 Å². The van der Waals surface area contributed by atoms with E-state index in [1.54, 1.807) is 0 Å². The first-order valence-electron chi connectivity index (χ1n) is 6.60. The second kappa shape index (κ2) is 6.86. The van der Waals surface area contributed by atoms with Gasteiger partial charge in [0, 0.05) is 12.1 Å². The fourth-order valence-corrected chi connectivity index (χ4v) is 2.19. The van der Waals surface area contributed by atoms with Crippen molar-refractivity contribution in [1.82, 2.24) is 9.71 Å². The first kappa shape index (κ1) is 19.6. The number of benzene rings is 1. The van der Waals surface area contributed by atoms with E-state index in [0.29, 0.717) is 24.5 Å². The maximum absolute atomic E-state index is 14.0. The lowest BCUT2D eigenvalue weighted by Crippen LogP contribution is -2.30. The molecule has 1 aromatic heterocycles. The summed E-state index contributed by atoms with van der Waals surface area (Å²) >= 11 is 0. The molecule has 6 nitrogen and oxygen atoms in total. The summed E-state index contributed by atoms with van der Waals surface area (Å²) in [7, 11) is -4.01. The molecule has 0 atom stereocenters. The molecule has 26 heavy (non-hydrogen) atoms. The van der Waals surface area contributed by atoms with Crippen LogP contribution in [0.5, 0.6) is 11.6 Å². The van der Waals surface area contributed by atoms with Gasteiger partial charge in [0.1, 0.15) is 11.5 Å². The molecule has 0 saturated carbocycles. The van der Waals surface area contributed by atoms with E-state index in [9.17, 15) is 35.2 Å². The van der Waals surface area contributed by atoms with Crippen LogP contribution in [0.4, 0.5) is 22.0 Å². The van der Waals surface area contributed by atoms with Gasteiger partial charge in [0.15, 0.2) is 11.6 Å². The summed E-state index contributed by atoms with van der Waals surface area (Å²) in [6.45, 7) is 0. The summed E-state index contributed by atoms with van der Waals surface area (Å²) in [5.74, 6) is -5.59. The smallest absolute Gasteiger partial charge is 0.433 e. The number of pyridine rings is 1. The molecule has 2 aromatic rings. The van der Waals surface area contributed by atoms with E-state index < -0.39 is 56.6 Å². The maximum Gasteiger partial charge on any atom is 0.433 e. The molecule has 0 spiro atoms. The zero-order valence-corrected chi connectivity index (χ0v) is 13.6. The average molecular weight is 396 g/mol. The van der Waals surface area contributed by atoms with Crippen LogP contribution < -0.4 is 9.46 Å². The van der Waals surface area contributed by atoms with E-state index in [2.05, 4.69) is 4.98 Å². The van der Waals surface area contributed by atoms with E-state index >= 15 is 0 Å². The van der Waals surface area contributed by atoms with Crippen LogP contribution >= 0.6 is 0 Å². The highest BCUT2D eigenvalue weighted by Gasteiger charge is 2.32. The Bertz CT molecular complexity index is 960. The topological polar surface area (TPSA) is 85.4 Å². The Morgan fingerprint density at radius 2 is 1.81 bits per heavy atom. The van der Waals surface area contributed by atoms with Crippen LogP contribution in [0, 0.1) is 11.6 Å². The van der Waals surface area contributed by atoms with Crippen LogP contribution in [0.2, 0.25) is 0 Å². The van der Waals surface area contributed by atoms with Crippen LogP contribution in [-0.4, -0.2) is 25.6 Å². The molecule has 0 aliphatic heterocycles. The predicted octanol–water partition coefficient (Wildman–Crippen LogP) is 2.86. The molecule has 0 aliphatic carbocycles. The van der Waals surface area contributed by atoms with Crippen molar-refractivity contribution in [1.29, 1.82) is 0 Å². The van der Waals surface area contributed by atoms with Gasteiger partial charge in [-0.2, -0.15) is 13.2 Å². The number of nitrogens with one attached hydrogen (secondary N) is 1. The van der Waals surface area contributed by atoms with Gasteiger partial charge in [0.25, 0.3) is 5.91 Å². The third kappa shape index (κ3) is 4.88. The lowest BCUT2D eigenvalue weighted by molar-refractivity contribution is -0.141. The number of amides is 1. The number of aromatic nitrogens is 1. The van der Waals surface area contributed by atoms with Gasteiger partial charge in [-0.1, -0.05) is 6.07 Å². The van der Waals surface area contributed by atoms with Gasteiger partial charge >= 0.3 is 6.18 Å². The Labute approximate surface area is 143 Å². The second-order valence-electron chi connectivity index (χ2n) is 4.93. The third-order valence-electron chi connectivity index (χ3n) is 2.77. The Morgan fingerprint density at radius 3 is 2.38 bits per heavy atom. The molecule has 0 unspecified atom stereocenters. The zero-order valence-electron chi connectivity index (χ0n) is 12.8. The van der Waals surface area contributed by atoms with E-state index in [0.717, 1.165) is 12.1 Å². The summed E-state index contributed by atoms with van der Waals surface area (Å²) in [6.07, 6.45) is -4.13. The molecule has 0 aliphatic rings. The summed E-state index contributed by atoms with van der Waals surface area (Å²) in [4.78, 5) is 14.7. The maximum atomic E-state index is 14.0. The molecule has 1 heterocycles. The van der Waals surface area contributed by atoms with Gasteiger partial charge in [-0.25, -0.2) is 26.9 Å². The number of halogens is 5. The first-order valence-corrected chi connectivity index (χ1v) is 8.49. The largest absolute Gasteiger partial charge is 0.436 e. The van der Waals surface area contributed by atoms with E-state index in [-0.39, 0.29) is 0 Å². The minimum Gasteiger partial charge on any atom is -0.436 e. The molecule has 2 rings (SSSR count). The molecular formula is C14H9F5N2O4S. The molecule has 0 radical (unpaired) electrons. The quantitative estimate of drug-likeness (QED) is 0.804. The number of nitrogens with zero attached hydrogens (tertiary/aromatic N) is 1. The highest BCUT2D eigenvalue weighted by molar-refractivity contribution is 7.89. The predicted molar refractivity (Wildman–Crippen MR) is 78.0 cm³/mol. The third-order valence-corrected chi connectivity index (χ3v) is 3.33. The minimum absolute atomic E-state index is 0.346. The minimum atomic E-state index is -4.77. The van der Waals surface area contributed by atoms with E-state index in [4.69, 9.17) is 4.74 Å². The standard InChI is InChI=1S/C14H9F5N2O4S/c1-26(23,24)21-13(22)7-5-9(16)10(6-8(7)15)25-12-4-2-3-11(20-12)14(17,18)19/h2-6H,1H3,(H,21,22). The van der Waals surface area contributed by atoms with Crippen molar-refractivity contribution >= 4 is 15.9 Å². The summed E-state index contributed by atoms with van der Waals surface area (Å²) in [5.41, 5.74) is -2.24. The van der Waals surface area contributed by atoms with Crippen LogP contribution in [-0.2, 0) is 16.2 Å². The van der Waals surface area contributed by atoms with Crippen LogP contribution in [0.25, 0.3) is 0 Å². The first-order chi connectivity index (χ1) is 11.9. The van der Waals surface area contributed by atoms with Crippen molar-refractivity contribution in [3.05, 3.63) is 53.2 Å². The number of hydrogen-bond donors (Lipinski definition) is 1. The van der Waals surface area contributed by atoms with Crippen molar-refractivity contribution in [3.63, 3.8) is 0 Å².